The van der Waals surface area contributed by atoms with Gasteiger partial charge in [0.1, 0.15) is 0 Å². The highest BCUT2D eigenvalue weighted by Gasteiger charge is 2.04. The van der Waals surface area contributed by atoms with Crippen molar-refractivity contribution in [3.05, 3.63) is 0 Å². The predicted octanol–water partition coefficient (Wildman–Crippen LogP) is 7.13. The molecule has 0 radical (unpaired) electrons. The van der Waals surface area contributed by atoms with Crippen LogP contribution in [0.3, 0.4) is 0 Å². The molecular weight excluding hydrogens is 352 g/mol. The quantitative estimate of drug-likeness (QED) is 0.152. The first-order valence-electron chi connectivity index (χ1n) is 12.0. The Labute approximate surface area is 174 Å². The maximum Gasteiger partial charge on any atom is 0.305 e. The Morgan fingerprint density at radius 2 is 0.786 bits per heavy atom. The highest BCUT2D eigenvalue weighted by Crippen LogP contribution is 2.10. The molecule has 4 nitrogen and oxygen atoms in total. The molecular formula is C24H46O4. The van der Waals surface area contributed by atoms with Gasteiger partial charge in [0.15, 0.2) is 0 Å². The first-order chi connectivity index (χ1) is 13.7. The van der Waals surface area contributed by atoms with Crippen molar-refractivity contribution >= 4 is 11.9 Å². The van der Waals surface area contributed by atoms with Gasteiger partial charge in [0.25, 0.3) is 0 Å². The number of ether oxygens (including phenoxy) is 2. The van der Waals surface area contributed by atoms with Gasteiger partial charge in [-0.15, -0.1) is 0 Å². The first kappa shape index (κ1) is 26.9. The largest absolute Gasteiger partial charge is 0.466 e. The standard InChI is InChI=1S/C24H46O4/c1-3-5-7-9-14-18-22-28-24(26)20-16-13-11-10-12-15-19-23(25)27-21-17-8-6-4-2/h3-22H2,1-2H3. The summed E-state index contributed by atoms with van der Waals surface area (Å²) in [6.45, 7) is 5.55. The SMILES string of the molecule is CCCCCCCCOC(=O)CCCCCCCCC(=O)OCCCCCC. The molecule has 0 rings (SSSR count). The summed E-state index contributed by atoms with van der Waals surface area (Å²) in [7, 11) is 0. The summed E-state index contributed by atoms with van der Waals surface area (Å²) in [5, 5.41) is 0. The minimum atomic E-state index is -0.0513. The van der Waals surface area contributed by atoms with E-state index in [0.717, 1.165) is 57.8 Å². The van der Waals surface area contributed by atoms with E-state index in [1.54, 1.807) is 0 Å². The number of hydrogen-bond acceptors (Lipinski definition) is 4. The van der Waals surface area contributed by atoms with E-state index in [1.165, 1.54) is 44.9 Å². The van der Waals surface area contributed by atoms with E-state index in [-0.39, 0.29) is 11.9 Å². The van der Waals surface area contributed by atoms with Crippen LogP contribution >= 0.6 is 0 Å². The lowest BCUT2D eigenvalue weighted by Gasteiger charge is -2.06. The molecule has 0 heterocycles. The van der Waals surface area contributed by atoms with Crippen LogP contribution in [0.5, 0.6) is 0 Å². The van der Waals surface area contributed by atoms with E-state index in [9.17, 15) is 9.59 Å². The van der Waals surface area contributed by atoms with Crippen LogP contribution < -0.4 is 0 Å². The number of rotatable bonds is 21. The molecule has 0 aliphatic rings. The average Bonchev–Trinajstić information content (AvgIpc) is 2.69. The van der Waals surface area contributed by atoms with E-state index in [0.29, 0.717) is 26.1 Å². The van der Waals surface area contributed by atoms with Gasteiger partial charge in [0.05, 0.1) is 13.2 Å². The van der Waals surface area contributed by atoms with Gasteiger partial charge in [-0.25, -0.2) is 0 Å². The smallest absolute Gasteiger partial charge is 0.305 e. The van der Waals surface area contributed by atoms with Crippen molar-refractivity contribution in [1.82, 2.24) is 0 Å². The Morgan fingerprint density at radius 3 is 1.21 bits per heavy atom. The third-order valence-electron chi connectivity index (χ3n) is 5.03. The Bertz CT molecular complexity index is 355. The van der Waals surface area contributed by atoms with Crippen LogP contribution in [0, 0.1) is 0 Å². The molecule has 0 aromatic carbocycles. The van der Waals surface area contributed by atoms with Crippen molar-refractivity contribution in [2.24, 2.45) is 0 Å². The van der Waals surface area contributed by atoms with Gasteiger partial charge in [0, 0.05) is 12.8 Å². The molecule has 0 aliphatic heterocycles. The van der Waals surface area contributed by atoms with Gasteiger partial charge in [-0.1, -0.05) is 90.9 Å². The van der Waals surface area contributed by atoms with Gasteiger partial charge in [-0.3, -0.25) is 9.59 Å². The summed E-state index contributed by atoms with van der Waals surface area (Å²) < 4.78 is 10.5. The lowest BCUT2D eigenvalue weighted by atomic mass is 10.1. The summed E-state index contributed by atoms with van der Waals surface area (Å²) in [5.41, 5.74) is 0. The normalized spacial score (nSPS) is 10.8. The number of carbonyl (C=O) groups excluding carboxylic acids is 2. The van der Waals surface area contributed by atoms with Crippen molar-refractivity contribution in [3.8, 4) is 0 Å². The van der Waals surface area contributed by atoms with Gasteiger partial charge < -0.3 is 9.47 Å². The second-order valence-electron chi connectivity index (χ2n) is 7.89. The molecule has 166 valence electrons. The molecule has 0 aliphatic carbocycles. The molecule has 0 saturated carbocycles. The summed E-state index contributed by atoms with van der Waals surface area (Å²) in [5.74, 6) is -0.0974. The Balaban J connectivity index is 3.25. The molecule has 0 spiro atoms. The van der Waals surface area contributed by atoms with E-state index in [1.807, 2.05) is 0 Å². The monoisotopic (exact) mass is 398 g/mol. The van der Waals surface area contributed by atoms with Crippen molar-refractivity contribution in [1.29, 1.82) is 0 Å². The van der Waals surface area contributed by atoms with E-state index in [4.69, 9.17) is 9.47 Å². The fourth-order valence-corrected chi connectivity index (χ4v) is 3.17. The maximum atomic E-state index is 11.7. The van der Waals surface area contributed by atoms with Gasteiger partial charge in [0.2, 0.25) is 0 Å². The lowest BCUT2D eigenvalue weighted by Crippen LogP contribution is -2.06. The third kappa shape index (κ3) is 21.2. The average molecular weight is 399 g/mol. The van der Waals surface area contributed by atoms with Crippen LogP contribution in [0.2, 0.25) is 0 Å². The summed E-state index contributed by atoms with van der Waals surface area (Å²) in [4.78, 5) is 23.2. The number of unbranched alkanes of at least 4 members (excludes halogenated alkanes) is 13. The molecule has 0 bridgehead atoms. The summed E-state index contributed by atoms with van der Waals surface area (Å²) in [6.07, 6.45) is 19.1. The van der Waals surface area contributed by atoms with Crippen LogP contribution in [0.4, 0.5) is 0 Å². The van der Waals surface area contributed by atoms with Crippen LogP contribution in [-0.4, -0.2) is 25.2 Å². The topological polar surface area (TPSA) is 52.6 Å². The zero-order valence-electron chi connectivity index (χ0n) is 18.8. The van der Waals surface area contributed by atoms with Crippen LogP contribution in [0.15, 0.2) is 0 Å². The zero-order valence-corrected chi connectivity index (χ0v) is 18.8. The molecule has 0 unspecified atom stereocenters. The predicted molar refractivity (Wildman–Crippen MR) is 116 cm³/mol. The second kappa shape index (κ2) is 22.2. The van der Waals surface area contributed by atoms with E-state index >= 15 is 0 Å². The highest BCUT2D eigenvalue weighted by molar-refractivity contribution is 5.69. The maximum absolute atomic E-state index is 11.7. The molecule has 0 saturated heterocycles. The molecule has 0 aromatic heterocycles. The Kier molecular flexibility index (Phi) is 21.4. The van der Waals surface area contributed by atoms with Crippen LogP contribution in [-0.2, 0) is 19.1 Å². The fraction of sp³-hybridized carbons (Fsp3) is 0.917. The van der Waals surface area contributed by atoms with Crippen LogP contribution in [0.25, 0.3) is 0 Å². The molecule has 0 fully saturated rings. The molecule has 4 heteroatoms. The zero-order chi connectivity index (χ0) is 20.7. The van der Waals surface area contributed by atoms with Crippen molar-refractivity contribution in [3.63, 3.8) is 0 Å². The molecule has 28 heavy (non-hydrogen) atoms. The Morgan fingerprint density at radius 1 is 0.464 bits per heavy atom. The highest BCUT2D eigenvalue weighted by atomic mass is 16.5. The van der Waals surface area contributed by atoms with Crippen molar-refractivity contribution < 1.29 is 19.1 Å². The van der Waals surface area contributed by atoms with Crippen molar-refractivity contribution in [2.45, 2.75) is 129 Å². The third-order valence-corrected chi connectivity index (χ3v) is 5.03. The second-order valence-corrected chi connectivity index (χ2v) is 7.89. The lowest BCUT2D eigenvalue weighted by molar-refractivity contribution is -0.144. The van der Waals surface area contributed by atoms with Gasteiger partial charge in [-0.05, 0) is 25.7 Å². The fourth-order valence-electron chi connectivity index (χ4n) is 3.17. The Hall–Kier alpha value is -1.06. The minimum absolute atomic E-state index is 0.0461. The minimum Gasteiger partial charge on any atom is -0.466 e. The van der Waals surface area contributed by atoms with E-state index in [2.05, 4.69) is 13.8 Å². The number of esters is 2. The van der Waals surface area contributed by atoms with Crippen molar-refractivity contribution in [2.75, 3.05) is 13.2 Å². The number of hydrogen-bond donors (Lipinski definition) is 0. The molecule has 0 atom stereocenters. The first-order valence-corrected chi connectivity index (χ1v) is 12.0. The number of carbonyl (C=O) groups is 2. The van der Waals surface area contributed by atoms with Gasteiger partial charge in [-0.2, -0.15) is 0 Å². The summed E-state index contributed by atoms with van der Waals surface area (Å²) in [6, 6.07) is 0. The van der Waals surface area contributed by atoms with Crippen LogP contribution in [0.1, 0.15) is 129 Å². The van der Waals surface area contributed by atoms with E-state index < -0.39 is 0 Å². The molecule has 0 aromatic rings. The molecule has 0 amide bonds. The summed E-state index contributed by atoms with van der Waals surface area (Å²) >= 11 is 0. The van der Waals surface area contributed by atoms with Gasteiger partial charge >= 0.3 is 11.9 Å². The molecule has 0 N–H and O–H groups in total.